The van der Waals surface area contributed by atoms with E-state index < -0.39 is 29.6 Å². The summed E-state index contributed by atoms with van der Waals surface area (Å²) >= 11 is 0. The van der Waals surface area contributed by atoms with Gasteiger partial charge in [-0.2, -0.15) is 13.2 Å². The third-order valence-electron chi connectivity index (χ3n) is 3.34. The van der Waals surface area contributed by atoms with Crippen molar-refractivity contribution in [3.8, 4) is 0 Å². The molecule has 6 nitrogen and oxygen atoms in total. The molecule has 2 amide bonds. The van der Waals surface area contributed by atoms with Gasteiger partial charge in [-0.1, -0.05) is 11.2 Å². The topological polar surface area (TPSA) is 75.4 Å². The molecule has 0 fully saturated rings. The van der Waals surface area contributed by atoms with E-state index in [2.05, 4.69) is 15.0 Å². The maximum Gasteiger partial charge on any atom is 0.416 e. The van der Waals surface area contributed by atoms with E-state index in [9.17, 15) is 22.8 Å². The molecule has 9 heteroatoms. The van der Waals surface area contributed by atoms with Crippen LogP contribution in [0.15, 0.2) is 41.1 Å². The highest BCUT2D eigenvalue weighted by Gasteiger charge is 2.31. The first-order chi connectivity index (χ1) is 11.7. The smallest absolute Gasteiger partial charge is 0.363 e. The van der Waals surface area contributed by atoms with Crippen LogP contribution in [0.25, 0.3) is 0 Å². The highest BCUT2D eigenvalue weighted by Crippen LogP contribution is 2.29. The summed E-state index contributed by atoms with van der Waals surface area (Å²) in [5.74, 6) is -1.03. The Balaban J connectivity index is 2.16. The van der Waals surface area contributed by atoms with Gasteiger partial charge in [0.05, 0.1) is 5.56 Å². The minimum atomic E-state index is -4.55. The second-order valence-corrected chi connectivity index (χ2v) is 5.54. The predicted octanol–water partition coefficient (Wildman–Crippen LogP) is 3.18. The Labute approximate surface area is 141 Å². The number of rotatable bonds is 5. The number of hydrogen-bond acceptors (Lipinski definition) is 4. The number of nitrogens with one attached hydrogen (secondary N) is 1. The van der Waals surface area contributed by atoms with Crippen LogP contribution in [0, 0.1) is 0 Å². The molecule has 0 aliphatic carbocycles. The fraction of sp³-hybridized carbons (Fsp3) is 0.312. The molecule has 1 aromatic heterocycles. The number of amides is 2. The average Bonchev–Trinajstić information content (AvgIpc) is 3.04. The van der Waals surface area contributed by atoms with Crippen molar-refractivity contribution in [3.63, 3.8) is 0 Å². The lowest BCUT2D eigenvalue weighted by atomic mass is 10.1. The van der Waals surface area contributed by atoms with Crippen molar-refractivity contribution in [2.45, 2.75) is 26.1 Å². The van der Waals surface area contributed by atoms with E-state index in [0.29, 0.717) is 0 Å². The van der Waals surface area contributed by atoms with Gasteiger partial charge in [0.25, 0.3) is 5.91 Å². The molecule has 0 unspecified atom stereocenters. The van der Waals surface area contributed by atoms with E-state index in [1.165, 1.54) is 23.3 Å². The molecule has 2 aromatic rings. The molecule has 2 rings (SSSR count). The summed E-state index contributed by atoms with van der Waals surface area (Å²) in [5, 5.41) is 5.95. The number of anilines is 1. The molecular weight excluding hydrogens is 339 g/mol. The second-order valence-electron chi connectivity index (χ2n) is 5.54. The first-order valence-corrected chi connectivity index (χ1v) is 7.37. The lowest BCUT2D eigenvalue weighted by Crippen LogP contribution is -2.42. The van der Waals surface area contributed by atoms with E-state index >= 15 is 0 Å². The van der Waals surface area contributed by atoms with Crippen LogP contribution in [0.1, 0.15) is 29.8 Å². The first-order valence-electron chi connectivity index (χ1n) is 7.37. The normalized spacial score (nSPS) is 11.4. The van der Waals surface area contributed by atoms with Crippen molar-refractivity contribution in [3.05, 3.63) is 47.7 Å². The molecule has 0 bridgehead atoms. The van der Waals surface area contributed by atoms with Crippen molar-refractivity contribution in [1.82, 2.24) is 10.1 Å². The molecule has 0 spiro atoms. The Morgan fingerprint density at radius 2 is 2.00 bits per heavy atom. The van der Waals surface area contributed by atoms with Crippen LogP contribution in [0.2, 0.25) is 0 Å². The minimum Gasteiger partial charge on any atom is -0.363 e. The van der Waals surface area contributed by atoms with Gasteiger partial charge in [-0.05, 0) is 32.0 Å². The summed E-state index contributed by atoms with van der Waals surface area (Å²) in [7, 11) is 0. The largest absolute Gasteiger partial charge is 0.416 e. The Morgan fingerprint density at radius 1 is 1.28 bits per heavy atom. The molecule has 0 saturated heterocycles. The molecular formula is C16H16F3N3O3. The van der Waals surface area contributed by atoms with Gasteiger partial charge >= 0.3 is 6.18 Å². The van der Waals surface area contributed by atoms with Crippen molar-refractivity contribution in [2.24, 2.45) is 0 Å². The Hall–Kier alpha value is -2.84. The zero-order valence-corrected chi connectivity index (χ0v) is 13.5. The highest BCUT2D eigenvalue weighted by molar-refractivity contribution is 5.99. The van der Waals surface area contributed by atoms with Crippen molar-refractivity contribution < 1.29 is 27.3 Å². The number of carbonyl (C=O) groups is 2. The predicted molar refractivity (Wildman–Crippen MR) is 82.7 cm³/mol. The Bertz CT molecular complexity index is 743. The maximum absolute atomic E-state index is 12.8. The third-order valence-corrected chi connectivity index (χ3v) is 3.34. The van der Waals surface area contributed by atoms with Gasteiger partial charge < -0.3 is 14.7 Å². The van der Waals surface area contributed by atoms with Gasteiger partial charge in [-0.25, -0.2) is 0 Å². The lowest BCUT2D eigenvalue weighted by molar-refractivity contribution is -0.137. The van der Waals surface area contributed by atoms with Crippen LogP contribution >= 0.6 is 0 Å². The zero-order chi connectivity index (χ0) is 18.6. The van der Waals surface area contributed by atoms with Crippen molar-refractivity contribution >= 4 is 17.6 Å². The Kier molecular flexibility index (Phi) is 5.45. The summed E-state index contributed by atoms with van der Waals surface area (Å²) in [6.45, 7) is 2.99. The van der Waals surface area contributed by atoms with Crippen LogP contribution in [0.3, 0.4) is 0 Å². The molecule has 134 valence electrons. The minimum absolute atomic E-state index is 0.141. The summed E-state index contributed by atoms with van der Waals surface area (Å²) in [4.78, 5) is 25.7. The molecule has 1 aromatic carbocycles. The second kappa shape index (κ2) is 7.37. The molecule has 0 atom stereocenters. The number of carbonyl (C=O) groups excluding carboxylic acids is 2. The van der Waals surface area contributed by atoms with E-state index in [4.69, 9.17) is 0 Å². The highest BCUT2D eigenvalue weighted by atomic mass is 19.4. The van der Waals surface area contributed by atoms with Gasteiger partial charge in [0.15, 0.2) is 5.82 Å². The summed E-state index contributed by atoms with van der Waals surface area (Å²) in [6, 6.07) is 5.12. The average molecular weight is 355 g/mol. The molecule has 0 saturated carbocycles. The van der Waals surface area contributed by atoms with Gasteiger partial charge in [-0.3, -0.25) is 9.59 Å². The monoisotopic (exact) mass is 355 g/mol. The van der Waals surface area contributed by atoms with Gasteiger partial charge in [0.2, 0.25) is 5.91 Å². The number of nitrogens with zero attached hydrogens (tertiary/aromatic N) is 2. The summed E-state index contributed by atoms with van der Waals surface area (Å²) < 4.78 is 43.0. The van der Waals surface area contributed by atoms with E-state index in [1.54, 1.807) is 13.8 Å². The molecule has 0 aliphatic rings. The van der Waals surface area contributed by atoms with Gasteiger partial charge in [0.1, 0.15) is 12.8 Å². The quantitative estimate of drug-likeness (QED) is 0.894. The van der Waals surface area contributed by atoms with Gasteiger partial charge in [0, 0.05) is 17.7 Å². The van der Waals surface area contributed by atoms with Crippen molar-refractivity contribution in [2.75, 3.05) is 11.9 Å². The molecule has 1 heterocycles. The standard InChI is InChI=1S/C16H16F3N3O3/c1-10(2)22(9-14(23)20-13-6-7-25-21-13)15(24)11-4-3-5-12(8-11)16(17,18)19/h3-8,10H,9H2,1-2H3,(H,20,21,23). The first kappa shape index (κ1) is 18.5. The summed E-state index contributed by atoms with van der Waals surface area (Å²) in [6.07, 6.45) is -3.28. The van der Waals surface area contributed by atoms with E-state index in [1.807, 2.05) is 0 Å². The summed E-state index contributed by atoms with van der Waals surface area (Å²) in [5.41, 5.74) is -1.06. The van der Waals surface area contributed by atoms with Crippen LogP contribution in [-0.4, -0.2) is 34.5 Å². The van der Waals surface area contributed by atoms with Gasteiger partial charge in [-0.15, -0.1) is 0 Å². The number of alkyl halides is 3. The van der Waals surface area contributed by atoms with Crippen LogP contribution in [0.4, 0.5) is 19.0 Å². The van der Waals surface area contributed by atoms with Crippen molar-refractivity contribution in [1.29, 1.82) is 0 Å². The Morgan fingerprint density at radius 3 is 2.56 bits per heavy atom. The number of aromatic nitrogens is 1. The SMILES string of the molecule is CC(C)N(CC(=O)Nc1ccon1)C(=O)c1cccc(C(F)(F)F)c1. The molecule has 25 heavy (non-hydrogen) atoms. The zero-order valence-electron chi connectivity index (χ0n) is 13.5. The van der Waals surface area contributed by atoms with E-state index in [-0.39, 0.29) is 17.9 Å². The molecule has 0 aliphatic heterocycles. The maximum atomic E-state index is 12.8. The van der Waals surface area contributed by atoms with Crippen LogP contribution in [0.5, 0.6) is 0 Å². The fourth-order valence-electron chi connectivity index (χ4n) is 2.10. The van der Waals surface area contributed by atoms with E-state index in [0.717, 1.165) is 18.2 Å². The number of halogens is 3. The number of hydrogen-bond donors (Lipinski definition) is 1. The molecule has 0 radical (unpaired) electrons. The lowest BCUT2D eigenvalue weighted by Gasteiger charge is -2.26. The third kappa shape index (κ3) is 4.82. The number of benzene rings is 1. The van der Waals surface area contributed by atoms with Crippen LogP contribution < -0.4 is 5.32 Å². The fourth-order valence-corrected chi connectivity index (χ4v) is 2.10. The molecule has 1 N–H and O–H groups in total. The van der Waals surface area contributed by atoms with Crippen LogP contribution in [-0.2, 0) is 11.0 Å².